The number of amides is 1. The highest BCUT2D eigenvalue weighted by molar-refractivity contribution is 6.02. The topological polar surface area (TPSA) is 126 Å². The van der Waals surface area contributed by atoms with Crippen LogP contribution in [-0.4, -0.2) is 81.9 Å². The second-order valence-electron chi connectivity index (χ2n) is 10.0. The molecule has 3 rings (SSSR count). The van der Waals surface area contributed by atoms with Crippen molar-refractivity contribution in [3.05, 3.63) is 23.3 Å². The number of piperazine rings is 1. The van der Waals surface area contributed by atoms with Crippen molar-refractivity contribution in [2.75, 3.05) is 45.5 Å². The first kappa shape index (κ1) is 25.8. The van der Waals surface area contributed by atoms with Gasteiger partial charge in [-0.05, 0) is 64.8 Å². The van der Waals surface area contributed by atoms with Crippen molar-refractivity contribution in [2.45, 2.75) is 58.7 Å². The van der Waals surface area contributed by atoms with Gasteiger partial charge in [0.2, 0.25) is 5.95 Å². The van der Waals surface area contributed by atoms with E-state index in [0.717, 1.165) is 51.0 Å². The molecule has 0 aliphatic carbocycles. The van der Waals surface area contributed by atoms with Gasteiger partial charge in [0, 0.05) is 45.8 Å². The quantitative estimate of drug-likeness (QED) is 0.474. The Labute approximate surface area is 201 Å². The number of carbonyl (C=O) groups excluding carboxylic acids is 1. The van der Waals surface area contributed by atoms with Crippen molar-refractivity contribution in [3.63, 3.8) is 0 Å². The Hall–Kier alpha value is -2.85. The van der Waals surface area contributed by atoms with Gasteiger partial charge in [-0.1, -0.05) is 0 Å². The largest absolute Gasteiger partial charge is 0.478 e. The number of nitrogens with zero attached hydrogens (tertiary/aromatic N) is 4. The number of carboxylic acid groups (broad SMARTS) is 1. The number of nitrogens with two attached hydrogens (primary N) is 1. The van der Waals surface area contributed by atoms with Crippen LogP contribution in [0.25, 0.3) is 11.0 Å². The van der Waals surface area contributed by atoms with Crippen molar-refractivity contribution in [2.24, 2.45) is 0 Å². The number of hydrogen-bond donors (Lipinski definition) is 3. The molecule has 1 aliphatic heterocycles. The predicted molar refractivity (Wildman–Crippen MR) is 132 cm³/mol. The van der Waals surface area contributed by atoms with Crippen LogP contribution in [0.1, 0.15) is 56.0 Å². The molecule has 1 aliphatic rings. The zero-order chi connectivity index (χ0) is 24.9. The minimum atomic E-state index is -0.979. The number of aryl methyl sites for hydroxylation is 1. The zero-order valence-corrected chi connectivity index (χ0v) is 20.8. The maximum Gasteiger partial charge on any atom is 0.407 e. The molecular formula is C24H38N6O4. The second-order valence-corrected chi connectivity index (χ2v) is 10.0. The highest BCUT2D eigenvalue weighted by Crippen LogP contribution is 2.26. The van der Waals surface area contributed by atoms with E-state index < -0.39 is 17.7 Å². The molecule has 10 heteroatoms. The van der Waals surface area contributed by atoms with E-state index in [-0.39, 0.29) is 5.56 Å². The molecule has 0 unspecified atom stereocenters. The normalized spacial score (nSPS) is 15.5. The molecule has 0 bridgehead atoms. The summed E-state index contributed by atoms with van der Waals surface area (Å²) < 4.78 is 7.02. The molecule has 0 spiro atoms. The number of alkyl carbamates (subject to hydrolysis) is 1. The number of hydrogen-bond acceptors (Lipinski definition) is 7. The lowest BCUT2D eigenvalue weighted by molar-refractivity contribution is 0.0526. The van der Waals surface area contributed by atoms with Gasteiger partial charge in [-0.15, -0.1) is 0 Å². The van der Waals surface area contributed by atoms with Gasteiger partial charge in [0.05, 0.1) is 16.6 Å². The van der Waals surface area contributed by atoms with Crippen LogP contribution in [-0.2, 0) is 17.8 Å². The van der Waals surface area contributed by atoms with Crippen LogP contribution in [0.5, 0.6) is 0 Å². The summed E-state index contributed by atoms with van der Waals surface area (Å²) >= 11 is 0. The lowest BCUT2D eigenvalue weighted by Gasteiger charge is -2.32. The Morgan fingerprint density at radius 2 is 1.85 bits per heavy atom. The maximum atomic E-state index is 12.1. The first-order valence-corrected chi connectivity index (χ1v) is 11.9. The fourth-order valence-corrected chi connectivity index (χ4v) is 4.17. The molecule has 2 heterocycles. The van der Waals surface area contributed by atoms with E-state index in [1.807, 2.05) is 26.8 Å². The summed E-state index contributed by atoms with van der Waals surface area (Å²) in [4.78, 5) is 32.9. The molecule has 1 aromatic heterocycles. The van der Waals surface area contributed by atoms with Gasteiger partial charge < -0.3 is 30.4 Å². The third-order valence-corrected chi connectivity index (χ3v) is 5.89. The predicted octanol–water partition coefficient (Wildman–Crippen LogP) is 2.76. The number of benzene rings is 1. The lowest BCUT2D eigenvalue weighted by atomic mass is 10.1. The fourth-order valence-electron chi connectivity index (χ4n) is 4.17. The smallest absolute Gasteiger partial charge is 0.407 e. The number of nitrogen functional groups attached to an aromatic ring is 1. The zero-order valence-electron chi connectivity index (χ0n) is 20.8. The number of nitrogens with one attached hydrogen (secondary N) is 1. The summed E-state index contributed by atoms with van der Waals surface area (Å²) in [5.74, 6) is -0.658. The van der Waals surface area contributed by atoms with Gasteiger partial charge in [-0.3, -0.25) is 4.90 Å². The second kappa shape index (κ2) is 11.1. The van der Waals surface area contributed by atoms with Crippen LogP contribution >= 0.6 is 0 Å². The molecule has 1 amide bonds. The Balaban J connectivity index is 1.61. The molecular weight excluding hydrogens is 436 g/mol. The van der Waals surface area contributed by atoms with Gasteiger partial charge in [0.1, 0.15) is 5.60 Å². The Morgan fingerprint density at radius 1 is 1.15 bits per heavy atom. The van der Waals surface area contributed by atoms with Gasteiger partial charge in [0.15, 0.2) is 0 Å². The number of carbonyl (C=O) groups is 2. The molecule has 0 atom stereocenters. The van der Waals surface area contributed by atoms with Gasteiger partial charge in [-0.2, -0.15) is 0 Å². The first-order valence-electron chi connectivity index (χ1n) is 11.9. The van der Waals surface area contributed by atoms with Crippen LogP contribution in [0, 0.1) is 0 Å². The molecule has 2 aromatic rings. The number of anilines is 1. The Morgan fingerprint density at radius 3 is 2.50 bits per heavy atom. The first-order chi connectivity index (χ1) is 16.0. The summed E-state index contributed by atoms with van der Waals surface area (Å²) in [6.07, 6.45) is 2.00. The maximum absolute atomic E-state index is 12.1. The Kier molecular flexibility index (Phi) is 8.37. The van der Waals surface area contributed by atoms with Gasteiger partial charge in [-0.25, -0.2) is 14.6 Å². The van der Waals surface area contributed by atoms with E-state index in [2.05, 4.69) is 27.1 Å². The number of likely N-dealkylation sites (N-methyl/N-ethyl adjacent to an activating group) is 1. The van der Waals surface area contributed by atoms with E-state index in [0.29, 0.717) is 36.6 Å². The van der Waals surface area contributed by atoms with Crippen molar-refractivity contribution in [3.8, 4) is 0 Å². The van der Waals surface area contributed by atoms with Gasteiger partial charge >= 0.3 is 12.1 Å². The van der Waals surface area contributed by atoms with Crippen LogP contribution < -0.4 is 11.1 Å². The van der Waals surface area contributed by atoms with Crippen molar-refractivity contribution in [1.29, 1.82) is 0 Å². The number of fused-ring (bicyclic) bond motifs is 1. The molecule has 0 saturated carbocycles. The molecule has 1 saturated heterocycles. The number of ether oxygens (including phenoxy) is 1. The fraction of sp³-hybridized carbons (Fsp3) is 0.625. The minimum absolute atomic E-state index is 0.234. The van der Waals surface area contributed by atoms with E-state index in [4.69, 9.17) is 10.5 Å². The molecule has 34 heavy (non-hydrogen) atoms. The highest BCUT2D eigenvalue weighted by Gasteiger charge is 2.20. The Bertz CT molecular complexity index is 1010. The third-order valence-electron chi connectivity index (χ3n) is 5.89. The lowest BCUT2D eigenvalue weighted by Crippen LogP contribution is -2.43. The molecule has 4 N–H and O–H groups in total. The van der Waals surface area contributed by atoms with Gasteiger partial charge in [0.25, 0.3) is 0 Å². The molecule has 188 valence electrons. The van der Waals surface area contributed by atoms with Crippen molar-refractivity contribution >= 4 is 29.0 Å². The summed E-state index contributed by atoms with van der Waals surface area (Å²) in [5.41, 5.74) is 8.02. The van der Waals surface area contributed by atoms with Crippen LogP contribution in [0.2, 0.25) is 0 Å². The van der Waals surface area contributed by atoms with Crippen molar-refractivity contribution in [1.82, 2.24) is 24.7 Å². The summed E-state index contributed by atoms with van der Waals surface area (Å²) in [6, 6.07) is 3.71. The SMILES string of the molecule is CN1CCN(Cc2cc(C(=O)O)c3c(c2)nc(N)n3CCCCCNC(=O)OC(C)(C)C)CC1. The van der Waals surface area contributed by atoms with E-state index in [9.17, 15) is 14.7 Å². The standard InChI is InChI=1S/C24H38N6O4/c1-24(2,3)34-23(33)26-8-6-5-7-9-30-20-18(21(31)32)14-17(15-19(20)27-22(30)25)16-29-12-10-28(4)11-13-29/h14-15H,5-13,16H2,1-4H3,(H2,25,27)(H,26,33)(H,31,32). The molecule has 1 aromatic carbocycles. The van der Waals surface area contributed by atoms with Crippen molar-refractivity contribution < 1.29 is 19.4 Å². The molecule has 1 fully saturated rings. The van der Waals surface area contributed by atoms with E-state index in [1.54, 1.807) is 10.6 Å². The summed E-state index contributed by atoms with van der Waals surface area (Å²) in [5, 5.41) is 12.7. The number of carboxylic acids is 1. The monoisotopic (exact) mass is 474 g/mol. The average molecular weight is 475 g/mol. The summed E-state index contributed by atoms with van der Waals surface area (Å²) in [7, 11) is 2.11. The molecule has 10 nitrogen and oxygen atoms in total. The third kappa shape index (κ3) is 7.07. The highest BCUT2D eigenvalue weighted by atomic mass is 16.6. The van der Waals surface area contributed by atoms with E-state index in [1.165, 1.54) is 0 Å². The summed E-state index contributed by atoms with van der Waals surface area (Å²) in [6.45, 7) is 11.2. The number of imidazole rings is 1. The number of unbranched alkanes of at least 4 members (excludes halogenated alkanes) is 2. The van der Waals surface area contributed by atoms with Crippen LogP contribution in [0.15, 0.2) is 12.1 Å². The average Bonchev–Trinajstić information content (AvgIpc) is 3.05. The van der Waals surface area contributed by atoms with Crippen LogP contribution in [0.3, 0.4) is 0 Å². The minimum Gasteiger partial charge on any atom is -0.478 e. The number of aromatic nitrogens is 2. The van der Waals surface area contributed by atoms with E-state index >= 15 is 0 Å². The number of rotatable bonds is 9. The van der Waals surface area contributed by atoms with Crippen LogP contribution in [0.4, 0.5) is 10.7 Å². The molecule has 0 radical (unpaired) electrons. The number of aromatic carboxylic acids is 1.